The molecule has 1 aliphatic carbocycles. The van der Waals surface area contributed by atoms with Gasteiger partial charge in [-0.25, -0.2) is 15.0 Å². The Kier molecular flexibility index (Phi) is 3.32. The number of hydrogen-bond acceptors (Lipinski definition) is 6. The van der Waals surface area contributed by atoms with Crippen molar-refractivity contribution in [1.29, 1.82) is 0 Å². The van der Waals surface area contributed by atoms with Crippen LogP contribution in [0.2, 0.25) is 0 Å². The number of rotatable bonds is 4. The fourth-order valence-corrected chi connectivity index (χ4v) is 2.24. The van der Waals surface area contributed by atoms with Crippen LogP contribution >= 0.6 is 0 Å². The minimum absolute atomic E-state index is 0.113. The number of fused-ring (bicyclic) bond motifs is 1. The summed E-state index contributed by atoms with van der Waals surface area (Å²) in [6.45, 7) is 2.22. The topological polar surface area (TPSA) is 73.1 Å². The summed E-state index contributed by atoms with van der Waals surface area (Å²) < 4.78 is 6.85. The molecule has 0 radical (unpaired) electrons. The van der Waals surface area contributed by atoms with Gasteiger partial charge in [0.05, 0.1) is 12.5 Å². The molecule has 1 unspecified atom stereocenters. The summed E-state index contributed by atoms with van der Waals surface area (Å²) in [7, 11) is 3.83. The Hall–Kier alpha value is -2.44. The molecule has 0 bridgehead atoms. The van der Waals surface area contributed by atoms with Crippen LogP contribution in [0.4, 0.5) is 5.82 Å². The fourth-order valence-electron chi connectivity index (χ4n) is 2.24. The molecule has 1 aliphatic rings. The molecule has 1 fully saturated rings. The van der Waals surface area contributed by atoms with E-state index in [2.05, 4.69) is 15.0 Å². The van der Waals surface area contributed by atoms with E-state index in [-0.39, 0.29) is 11.9 Å². The minimum atomic E-state index is -0.156. The van der Waals surface area contributed by atoms with Gasteiger partial charge in [0.15, 0.2) is 17.0 Å². The Morgan fingerprint density at radius 1 is 1.48 bits per heavy atom. The molecule has 0 spiro atoms. The second-order valence-electron chi connectivity index (χ2n) is 5.13. The van der Waals surface area contributed by atoms with Crippen LogP contribution in [0.15, 0.2) is 18.2 Å². The van der Waals surface area contributed by atoms with Crippen molar-refractivity contribution >= 4 is 29.2 Å². The molecular weight excluding hydrogens is 270 g/mol. The van der Waals surface area contributed by atoms with E-state index in [1.54, 1.807) is 6.33 Å². The molecule has 7 nitrogen and oxygen atoms in total. The van der Waals surface area contributed by atoms with E-state index in [4.69, 9.17) is 4.74 Å². The van der Waals surface area contributed by atoms with Crippen molar-refractivity contribution in [3.63, 3.8) is 0 Å². The van der Waals surface area contributed by atoms with Gasteiger partial charge in [-0.3, -0.25) is 9.36 Å². The fraction of sp³-hybridized carbons (Fsp3) is 0.429. The van der Waals surface area contributed by atoms with Gasteiger partial charge in [-0.05, 0) is 18.9 Å². The van der Waals surface area contributed by atoms with Gasteiger partial charge >= 0.3 is 5.97 Å². The lowest BCUT2D eigenvalue weighted by Gasteiger charge is -2.10. The second-order valence-corrected chi connectivity index (χ2v) is 5.13. The highest BCUT2D eigenvalue weighted by Crippen LogP contribution is 2.39. The van der Waals surface area contributed by atoms with Gasteiger partial charge < -0.3 is 9.64 Å². The third-order valence-corrected chi connectivity index (χ3v) is 3.37. The van der Waals surface area contributed by atoms with Crippen LogP contribution in [-0.4, -0.2) is 46.2 Å². The highest BCUT2D eigenvalue weighted by molar-refractivity contribution is 5.86. The van der Waals surface area contributed by atoms with Gasteiger partial charge in [-0.2, -0.15) is 0 Å². The van der Waals surface area contributed by atoms with Crippen molar-refractivity contribution in [3.05, 3.63) is 18.2 Å². The van der Waals surface area contributed by atoms with E-state index in [0.717, 1.165) is 29.0 Å². The average molecular weight is 287 g/mol. The van der Waals surface area contributed by atoms with E-state index < -0.39 is 0 Å². The van der Waals surface area contributed by atoms with Crippen molar-refractivity contribution in [2.45, 2.75) is 13.3 Å². The Labute approximate surface area is 122 Å². The summed E-state index contributed by atoms with van der Waals surface area (Å²) in [6.07, 6.45) is 5.86. The van der Waals surface area contributed by atoms with Gasteiger partial charge in [0.25, 0.3) is 0 Å². The largest absolute Gasteiger partial charge is 0.466 e. The van der Waals surface area contributed by atoms with Gasteiger partial charge in [0, 0.05) is 20.3 Å². The highest BCUT2D eigenvalue weighted by atomic mass is 16.5. The monoisotopic (exact) mass is 287 g/mol. The van der Waals surface area contributed by atoms with Gasteiger partial charge in [0.2, 0.25) is 0 Å². The standard InChI is InChI=1S/C14H17N5O2/c1-4-21-14(20)10-5-9(10)6-19-8-17-11-12(18(2)3)15-7-16-13(11)19/h6-8,10H,4-5H2,1-3H3. The van der Waals surface area contributed by atoms with Crippen LogP contribution in [0.1, 0.15) is 13.3 Å². The van der Waals surface area contributed by atoms with Gasteiger partial charge in [0.1, 0.15) is 12.7 Å². The van der Waals surface area contributed by atoms with E-state index >= 15 is 0 Å². The van der Waals surface area contributed by atoms with Crippen LogP contribution in [0.3, 0.4) is 0 Å². The van der Waals surface area contributed by atoms with Crippen molar-refractivity contribution in [1.82, 2.24) is 19.5 Å². The molecule has 1 saturated carbocycles. The molecule has 7 heteroatoms. The number of esters is 1. The molecule has 0 aliphatic heterocycles. The molecule has 110 valence electrons. The maximum absolute atomic E-state index is 11.6. The maximum atomic E-state index is 11.6. The van der Waals surface area contributed by atoms with Gasteiger partial charge in [-0.1, -0.05) is 0 Å². The lowest BCUT2D eigenvalue weighted by Crippen LogP contribution is -2.11. The lowest BCUT2D eigenvalue weighted by molar-refractivity contribution is -0.144. The first-order valence-corrected chi connectivity index (χ1v) is 6.84. The van der Waals surface area contributed by atoms with Crippen molar-refractivity contribution in [2.75, 3.05) is 25.6 Å². The van der Waals surface area contributed by atoms with Gasteiger partial charge in [-0.15, -0.1) is 0 Å². The van der Waals surface area contributed by atoms with Crippen LogP contribution in [0.5, 0.6) is 0 Å². The Morgan fingerprint density at radius 3 is 3.00 bits per heavy atom. The molecule has 0 amide bonds. The van der Waals surface area contributed by atoms with Crippen LogP contribution in [-0.2, 0) is 9.53 Å². The number of imidazole rings is 1. The predicted octanol–water partition coefficient (Wildman–Crippen LogP) is 1.32. The third-order valence-electron chi connectivity index (χ3n) is 3.37. The van der Waals surface area contributed by atoms with E-state index in [9.17, 15) is 4.79 Å². The Bertz CT molecular complexity index is 719. The summed E-state index contributed by atoms with van der Waals surface area (Å²) in [5.41, 5.74) is 2.51. The number of hydrogen-bond donors (Lipinski definition) is 0. The zero-order valence-electron chi connectivity index (χ0n) is 12.3. The van der Waals surface area contributed by atoms with Crippen LogP contribution in [0, 0.1) is 5.92 Å². The second kappa shape index (κ2) is 5.16. The molecule has 1 atom stereocenters. The van der Waals surface area contributed by atoms with Crippen molar-refractivity contribution < 1.29 is 9.53 Å². The first-order chi connectivity index (χ1) is 10.1. The first-order valence-electron chi connectivity index (χ1n) is 6.84. The molecule has 2 aromatic heterocycles. The molecule has 0 N–H and O–H groups in total. The number of carbonyl (C=O) groups excluding carboxylic acids is 1. The summed E-state index contributed by atoms with van der Waals surface area (Å²) in [5.74, 6) is 0.504. The SMILES string of the molecule is CCOC(=O)C1CC1=Cn1cnc2c(N(C)C)ncnc21. The molecule has 0 aromatic carbocycles. The van der Waals surface area contributed by atoms with Crippen molar-refractivity contribution in [2.24, 2.45) is 5.92 Å². The van der Waals surface area contributed by atoms with Crippen molar-refractivity contribution in [3.8, 4) is 0 Å². The maximum Gasteiger partial charge on any atom is 0.313 e. The molecule has 2 aromatic rings. The van der Waals surface area contributed by atoms with E-state index in [1.165, 1.54) is 6.33 Å². The number of anilines is 1. The van der Waals surface area contributed by atoms with E-state index in [1.807, 2.05) is 36.7 Å². The van der Waals surface area contributed by atoms with E-state index in [0.29, 0.717) is 6.61 Å². The summed E-state index contributed by atoms with van der Waals surface area (Å²) in [6, 6.07) is 0. The molecule has 2 heterocycles. The first kappa shape index (κ1) is 13.5. The average Bonchev–Trinajstić information content (AvgIpc) is 3.11. The zero-order chi connectivity index (χ0) is 15.0. The number of aromatic nitrogens is 4. The number of nitrogens with zero attached hydrogens (tertiary/aromatic N) is 5. The molecule has 21 heavy (non-hydrogen) atoms. The Balaban J connectivity index is 1.90. The quantitative estimate of drug-likeness (QED) is 0.790. The Morgan fingerprint density at radius 2 is 2.29 bits per heavy atom. The summed E-state index contributed by atoms with van der Waals surface area (Å²) >= 11 is 0. The summed E-state index contributed by atoms with van der Waals surface area (Å²) in [5, 5.41) is 0. The zero-order valence-corrected chi connectivity index (χ0v) is 12.3. The molecule has 3 rings (SSSR count). The van der Waals surface area contributed by atoms with Crippen LogP contribution < -0.4 is 4.90 Å². The number of ether oxygens (including phenoxy) is 1. The molecule has 0 saturated heterocycles. The highest BCUT2D eigenvalue weighted by Gasteiger charge is 2.38. The predicted molar refractivity (Wildman–Crippen MR) is 78.7 cm³/mol. The normalized spacial score (nSPS) is 19.0. The summed E-state index contributed by atoms with van der Waals surface area (Å²) in [4.78, 5) is 26.4. The minimum Gasteiger partial charge on any atom is -0.466 e. The third kappa shape index (κ3) is 2.46. The molecular formula is C14H17N5O2. The van der Waals surface area contributed by atoms with Crippen LogP contribution in [0.25, 0.3) is 17.4 Å². The smallest absolute Gasteiger partial charge is 0.313 e. The number of carbonyl (C=O) groups is 1. The lowest BCUT2D eigenvalue weighted by atomic mass is 10.4.